The Bertz CT molecular complexity index is 675. The van der Waals surface area contributed by atoms with Crippen molar-refractivity contribution in [3.05, 3.63) is 33.9 Å². The Morgan fingerprint density at radius 2 is 2.08 bits per heavy atom. The summed E-state index contributed by atoms with van der Waals surface area (Å²) in [4.78, 5) is 27.5. The van der Waals surface area contributed by atoms with Crippen molar-refractivity contribution >= 4 is 17.3 Å². The Balaban J connectivity index is 1.89. The quantitative estimate of drug-likeness (QED) is 0.588. The van der Waals surface area contributed by atoms with Crippen molar-refractivity contribution in [3.8, 4) is 0 Å². The first-order chi connectivity index (χ1) is 12.5. The molecule has 1 aromatic carbocycles. The largest absolute Gasteiger partial charge is 0.382 e. The van der Waals surface area contributed by atoms with E-state index in [2.05, 4.69) is 4.90 Å². The van der Waals surface area contributed by atoms with Crippen molar-refractivity contribution < 1.29 is 19.2 Å². The number of anilines is 1. The summed E-state index contributed by atoms with van der Waals surface area (Å²) in [5.41, 5.74) is 0.826. The molecule has 3 rings (SSSR count). The zero-order chi connectivity index (χ0) is 18.7. The van der Waals surface area contributed by atoms with Crippen LogP contribution in [0.2, 0.25) is 0 Å². The smallest absolute Gasteiger partial charge is 0.282 e. The number of ether oxygens (including phenoxy) is 2. The highest BCUT2D eigenvalue weighted by Gasteiger charge is 2.30. The molecule has 2 heterocycles. The van der Waals surface area contributed by atoms with E-state index in [9.17, 15) is 14.9 Å². The van der Waals surface area contributed by atoms with Gasteiger partial charge in [0.25, 0.3) is 11.6 Å². The van der Waals surface area contributed by atoms with Gasteiger partial charge in [0.15, 0.2) is 0 Å². The first-order valence-corrected chi connectivity index (χ1v) is 8.96. The molecule has 2 atom stereocenters. The number of hydrogen-bond donors (Lipinski definition) is 0. The van der Waals surface area contributed by atoms with E-state index in [0.29, 0.717) is 32.8 Å². The maximum absolute atomic E-state index is 12.8. The molecule has 26 heavy (non-hydrogen) atoms. The van der Waals surface area contributed by atoms with Gasteiger partial charge in [-0.2, -0.15) is 0 Å². The normalized spacial score (nSPS) is 23.3. The number of hydrogen-bond acceptors (Lipinski definition) is 6. The predicted molar refractivity (Wildman–Crippen MR) is 96.7 cm³/mol. The summed E-state index contributed by atoms with van der Waals surface area (Å²) in [6.07, 6.45) is 1.83. The van der Waals surface area contributed by atoms with Gasteiger partial charge in [-0.25, -0.2) is 0 Å². The molecule has 8 heteroatoms. The zero-order valence-corrected chi connectivity index (χ0v) is 15.2. The first kappa shape index (κ1) is 18.6. The summed E-state index contributed by atoms with van der Waals surface area (Å²) in [5.74, 6) is -0.259. The first-order valence-electron chi connectivity index (χ1n) is 8.96. The van der Waals surface area contributed by atoms with Gasteiger partial charge in [0.1, 0.15) is 5.56 Å². The minimum atomic E-state index is -0.483. The fraction of sp³-hybridized carbons (Fsp3) is 0.611. The van der Waals surface area contributed by atoms with Gasteiger partial charge < -0.3 is 19.3 Å². The lowest BCUT2D eigenvalue weighted by Crippen LogP contribution is -2.48. The standard InChI is InChI=1S/C18H25N3O5/c1-13-10-20(11-15(26-13)12-25-2)14-5-6-17(21(23)24)16(9-14)18(22)19-7-3-4-8-19/h5-6,9,13,15H,3-4,7-8,10-12H2,1-2H3. The van der Waals surface area contributed by atoms with Crippen molar-refractivity contribution in [2.75, 3.05) is 44.8 Å². The van der Waals surface area contributed by atoms with Gasteiger partial charge in [-0.3, -0.25) is 14.9 Å². The van der Waals surface area contributed by atoms with E-state index in [1.807, 2.05) is 6.92 Å². The van der Waals surface area contributed by atoms with Crippen LogP contribution >= 0.6 is 0 Å². The molecule has 0 aromatic heterocycles. The molecule has 0 aliphatic carbocycles. The molecule has 0 saturated carbocycles. The number of nitro benzene ring substituents is 1. The van der Waals surface area contributed by atoms with Gasteiger partial charge in [-0.15, -0.1) is 0 Å². The van der Waals surface area contributed by atoms with E-state index in [4.69, 9.17) is 9.47 Å². The molecule has 142 valence electrons. The van der Waals surface area contributed by atoms with Crippen LogP contribution in [0.3, 0.4) is 0 Å². The average Bonchev–Trinajstić information content (AvgIpc) is 3.15. The summed E-state index contributed by atoms with van der Waals surface area (Å²) >= 11 is 0. The lowest BCUT2D eigenvalue weighted by molar-refractivity contribution is -0.385. The van der Waals surface area contributed by atoms with Crippen LogP contribution in [-0.2, 0) is 9.47 Å². The van der Waals surface area contributed by atoms with Gasteiger partial charge in [-0.1, -0.05) is 0 Å². The van der Waals surface area contributed by atoms with Gasteiger partial charge in [0.2, 0.25) is 0 Å². The average molecular weight is 363 g/mol. The molecule has 2 unspecified atom stereocenters. The van der Waals surface area contributed by atoms with E-state index in [0.717, 1.165) is 18.5 Å². The van der Waals surface area contributed by atoms with Crippen molar-refractivity contribution in [1.29, 1.82) is 0 Å². The molecule has 0 spiro atoms. The molecular formula is C18H25N3O5. The second-order valence-corrected chi connectivity index (χ2v) is 6.89. The molecule has 0 N–H and O–H groups in total. The topological polar surface area (TPSA) is 85.2 Å². The third-order valence-corrected chi connectivity index (χ3v) is 4.84. The van der Waals surface area contributed by atoms with Gasteiger partial charge in [0.05, 0.1) is 23.7 Å². The number of morpholine rings is 1. The highest BCUT2D eigenvalue weighted by Crippen LogP contribution is 2.29. The molecule has 0 radical (unpaired) electrons. The van der Waals surface area contributed by atoms with Crippen LogP contribution in [0.4, 0.5) is 11.4 Å². The Kier molecular flexibility index (Phi) is 5.73. The molecule has 2 saturated heterocycles. The summed E-state index contributed by atoms with van der Waals surface area (Å²) < 4.78 is 11.0. The Morgan fingerprint density at radius 1 is 1.35 bits per heavy atom. The van der Waals surface area contributed by atoms with Crippen LogP contribution < -0.4 is 4.90 Å². The third kappa shape index (κ3) is 3.96. The molecule has 8 nitrogen and oxygen atoms in total. The number of carbonyl (C=O) groups excluding carboxylic acids is 1. The van der Waals surface area contributed by atoms with Crippen LogP contribution in [0.5, 0.6) is 0 Å². The predicted octanol–water partition coefficient (Wildman–Crippen LogP) is 2.07. The number of methoxy groups -OCH3 is 1. The minimum absolute atomic E-state index is 0.0109. The Hall–Kier alpha value is -2.19. The number of amides is 1. The van der Waals surface area contributed by atoms with Crippen LogP contribution in [-0.4, -0.2) is 67.8 Å². The summed E-state index contributed by atoms with van der Waals surface area (Å²) in [5, 5.41) is 11.4. The molecule has 1 amide bonds. The van der Waals surface area contributed by atoms with Gasteiger partial charge in [0, 0.05) is 45.0 Å². The second kappa shape index (κ2) is 8.01. The Morgan fingerprint density at radius 3 is 2.73 bits per heavy atom. The summed E-state index contributed by atoms with van der Waals surface area (Å²) in [6, 6.07) is 4.80. The van der Waals surface area contributed by atoms with Crippen molar-refractivity contribution in [2.24, 2.45) is 0 Å². The second-order valence-electron chi connectivity index (χ2n) is 6.89. The lowest BCUT2D eigenvalue weighted by Gasteiger charge is -2.38. The molecular weight excluding hydrogens is 338 g/mol. The number of benzene rings is 1. The van der Waals surface area contributed by atoms with E-state index < -0.39 is 4.92 Å². The number of nitro groups is 1. The zero-order valence-electron chi connectivity index (χ0n) is 15.2. The van der Waals surface area contributed by atoms with E-state index >= 15 is 0 Å². The van der Waals surface area contributed by atoms with E-state index in [1.165, 1.54) is 6.07 Å². The lowest BCUT2D eigenvalue weighted by atomic mass is 10.1. The van der Waals surface area contributed by atoms with Crippen LogP contribution in [0.15, 0.2) is 18.2 Å². The summed E-state index contributed by atoms with van der Waals surface area (Å²) in [7, 11) is 1.63. The van der Waals surface area contributed by atoms with Crippen molar-refractivity contribution in [2.45, 2.75) is 32.0 Å². The minimum Gasteiger partial charge on any atom is -0.382 e. The van der Waals surface area contributed by atoms with E-state index in [-0.39, 0.29) is 29.4 Å². The fourth-order valence-electron chi connectivity index (χ4n) is 3.68. The van der Waals surface area contributed by atoms with Gasteiger partial charge >= 0.3 is 0 Å². The van der Waals surface area contributed by atoms with Crippen LogP contribution in [0, 0.1) is 10.1 Å². The number of likely N-dealkylation sites (tertiary alicyclic amines) is 1. The maximum Gasteiger partial charge on any atom is 0.282 e. The fourth-order valence-corrected chi connectivity index (χ4v) is 3.68. The SMILES string of the molecule is COCC1CN(c2ccc([N+](=O)[O-])c(C(=O)N3CCCC3)c2)CC(C)O1. The van der Waals surface area contributed by atoms with Gasteiger partial charge in [-0.05, 0) is 31.9 Å². The molecule has 0 bridgehead atoms. The maximum atomic E-state index is 12.8. The highest BCUT2D eigenvalue weighted by molar-refractivity contribution is 5.99. The Labute approximate surface area is 152 Å². The third-order valence-electron chi connectivity index (χ3n) is 4.84. The molecule has 1 aromatic rings. The van der Waals surface area contributed by atoms with Crippen molar-refractivity contribution in [3.63, 3.8) is 0 Å². The monoisotopic (exact) mass is 363 g/mol. The molecule has 2 aliphatic rings. The van der Waals surface area contributed by atoms with Crippen molar-refractivity contribution in [1.82, 2.24) is 4.90 Å². The van der Waals surface area contributed by atoms with Crippen LogP contribution in [0.1, 0.15) is 30.1 Å². The highest BCUT2D eigenvalue weighted by atomic mass is 16.6. The molecule has 2 aliphatic heterocycles. The number of rotatable bonds is 5. The van der Waals surface area contributed by atoms with E-state index in [1.54, 1.807) is 24.1 Å². The van der Waals surface area contributed by atoms with Crippen LogP contribution in [0.25, 0.3) is 0 Å². The number of nitrogens with zero attached hydrogens (tertiary/aromatic N) is 3. The molecule has 2 fully saturated rings. The summed E-state index contributed by atoms with van der Waals surface area (Å²) in [6.45, 7) is 5.06. The number of carbonyl (C=O) groups is 1.